The summed E-state index contributed by atoms with van der Waals surface area (Å²) in [6.45, 7) is 0. The quantitative estimate of drug-likeness (QED) is 0.562. The van der Waals surface area contributed by atoms with Crippen LogP contribution in [0.25, 0.3) is 0 Å². The van der Waals surface area contributed by atoms with Crippen molar-refractivity contribution < 1.29 is 44.4 Å². The van der Waals surface area contributed by atoms with Gasteiger partial charge in [-0.2, -0.15) is 0 Å². The lowest BCUT2D eigenvalue weighted by Crippen LogP contribution is -2.16. The van der Waals surface area contributed by atoms with Crippen molar-refractivity contribution in [3.05, 3.63) is 69.8 Å². The molecule has 132 valence electrons. The highest BCUT2D eigenvalue weighted by Gasteiger charge is 2.25. The Bertz CT molecular complexity index is 940. The van der Waals surface area contributed by atoms with Gasteiger partial charge in [0.15, 0.2) is 5.78 Å². The highest BCUT2D eigenvalue weighted by atomic mass is 16.4. The number of rotatable bonds is 6. The standard InChI is InChI=1S/C17H10O9/c18-13(7-4-8(14(19)20)6-9(5-7)15(21)22)10-2-1-3-11(16(23)24)12(10)17(25)26/h1-6H,(H,19,20)(H,21,22)(H,23,24)(H,25,26). The van der Waals surface area contributed by atoms with Gasteiger partial charge >= 0.3 is 23.9 Å². The molecule has 26 heavy (non-hydrogen) atoms. The van der Waals surface area contributed by atoms with E-state index in [0.717, 1.165) is 36.4 Å². The van der Waals surface area contributed by atoms with E-state index in [-0.39, 0.29) is 0 Å². The van der Waals surface area contributed by atoms with Crippen LogP contribution in [0.5, 0.6) is 0 Å². The molecule has 0 aliphatic carbocycles. The Labute approximate surface area is 144 Å². The van der Waals surface area contributed by atoms with Gasteiger partial charge in [-0.15, -0.1) is 0 Å². The highest BCUT2D eigenvalue weighted by molar-refractivity contribution is 6.18. The Balaban J connectivity index is 2.72. The van der Waals surface area contributed by atoms with Gasteiger partial charge < -0.3 is 20.4 Å². The van der Waals surface area contributed by atoms with Crippen LogP contribution >= 0.6 is 0 Å². The minimum Gasteiger partial charge on any atom is -0.478 e. The molecule has 0 bridgehead atoms. The molecule has 2 aromatic carbocycles. The Kier molecular flexibility index (Phi) is 4.83. The normalized spacial score (nSPS) is 10.2. The molecule has 9 heteroatoms. The molecule has 2 aromatic rings. The van der Waals surface area contributed by atoms with Crippen molar-refractivity contribution in [3.8, 4) is 0 Å². The second-order valence-corrected chi connectivity index (χ2v) is 5.08. The molecule has 0 atom stereocenters. The SMILES string of the molecule is O=C(O)c1cc(C(=O)O)cc(C(=O)c2cccc(C(=O)O)c2C(=O)O)c1. The van der Waals surface area contributed by atoms with E-state index in [9.17, 15) is 29.1 Å². The molecule has 0 aliphatic rings. The maximum atomic E-state index is 12.7. The number of benzene rings is 2. The van der Waals surface area contributed by atoms with Crippen molar-refractivity contribution in [2.45, 2.75) is 0 Å². The Hall–Kier alpha value is -4.01. The molecule has 0 amide bonds. The Morgan fingerprint density at radius 3 is 1.46 bits per heavy atom. The van der Waals surface area contributed by atoms with E-state index < -0.39 is 63.0 Å². The van der Waals surface area contributed by atoms with Crippen LogP contribution in [-0.4, -0.2) is 50.1 Å². The predicted octanol–water partition coefficient (Wildman–Crippen LogP) is 1.71. The maximum Gasteiger partial charge on any atom is 0.337 e. The number of carboxylic acid groups (broad SMARTS) is 4. The zero-order valence-electron chi connectivity index (χ0n) is 12.8. The van der Waals surface area contributed by atoms with E-state index in [1.54, 1.807) is 0 Å². The topological polar surface area (TPSA) is 166 Å². The summed E-state index contributed by atoms with van der Waals surface area (Å²) in [7, 11) is 0. The van der Waals surface area contributed by atoms with Gasteiger partial charge in [0.1, 0.15) is 0 Å². The minimum atomic E-state index is -1.67. The summed E-state index contributed by atoms with van der Waals surface area (Å²) in [6.07, 6.45) is 0. The molecule has 0 unspecified atom stereocenters. The van der Waals surface area contributed by atoms with Gasteiger partial charge in [0.2, 0.25) is 0 Å². The van der Waals surface area contributed by atoms with E-state index in [2.05, 4.69) is 0 Å². The Morgan fingerprint density at radius 1 is 0.577 bits per heavy atom. The highest BCUT2D eigenvalue weighted by Crippen LogP contribution is 2.21. The number of ketones is 1. The molecule has 4 N–H and O–H groups in total. The minimum absolute atomic E-state index is 0.396. The second kappa shape index (κ2) is 6.85. The molecule has 9 nitrogen and oxygen atoms in total. The number of hydrogen-bond donors (Lipinski definition) is 4. The van der Waals surface area contributed by atoms with E-state index in [1.807, 2.05) is 0 Å². The summed E-state index contributed by atoms with van der Waals surface area (Å²) in [5.41, 5.74) is -3.28. The molecule has 0 aromatic heterocycles. The smallest absolute Gasteiger partial charge is 0.337 e. The third-order valence-electron chi connectivity index (χ3n) is 3.44. The van der Waals surface area contributed by atoms with E-state index in [0.29, 0.717) is 0 Å². The van der Waals surface area contributed by atoms with Crippen molar-refractivity contribution in [1.29, 1.82) is 0 Å². The van der Waals surface area contributed by atoms with E-state index in [4.69, 9.17) is 15.3 Å². The van der Waals surface area contributed by atoms with Gasteiger partial charge in [-0.05, 0) is 24.3 Å². The van der Waals surface area contributed by atoms with Crippen LogP contribution in [0.15, 0.2) is 36.4 Å². The molecule has 0 heterocycles. The summed E-state index contributed by atoms with van der Waals surface area (Å²) < 4.78 is 0. The first-order valence-corrected chi connectivity index (χ1v) is 6.89. The van der Waals surface area contributed by atoms with Crippen molar-refractivity contribution in [1.82, 2.24) is 0 Å². The fourth-order valence-corrected chi connectivity index (χ4v) is 2.31. The van der Waals surface area contributed by atoms with Gasteiger partial charge in [-0.3, -0.25) is 4.79 Å². The molecule has 0 aliphatic heterocycles. The van der Waals surface area contributed by atoms with Crippen LogP contribution in [0.2, 0.25) is 0 Å². The van der Waals surface area contributed by atoms with Gasteiger partial charge in [0, 0.05) is 11.1 Å². The molecule has 0 saturated heterocycles. The van der Waals surface area contributed by atoms with Crippen LogP contribution in [-0.2, 0) is 0 Å². The summed E-state index contributed by atoms with van der Waals surface area (Å²) >= 11 is 0. The van der Waals surface area contributed by atoms with Crippen LogP contribution in [0.1, 0.15) is 57.4 Å². The molecule has 0 radical (unpaired) electrons. The molecule has 0 saturated carbocycles. The fourth-order valence-electron chi connectivity index (χ4n) is 2.31. The first-order chi connectivity index (χ1) is 12.1. The third kappa shape index (κ3) is 3.41. The summed E-state index contributed by atoms with van der Waals surface area (Å²) in [4.78, 5) is 57.5. The number of carbonyl (C=O) groups excluding carboxylic acids is 1. The fraction of sp³-hybridized carbons (Fsp3) is 0. The lowest BCUT2D eigenvalue weighted by atomic mass is 9.93. The first-order valence-electron chi connectivity index (χ1n) is 6.89. The van der Waals surface area contributed by atoms with Gasteiger partial charge in [0.05, 0.1) is 22.3 Å². The zero-order valence-corrected chi connectivity index (χ0v) is 12.8. The van der Waals surface area contributed by atoms with Crippen molar-refractivity contribution in [3.63, 3.8) is 0 Å². The van der Waals surface area contributed by atoms with E-state index >= 15 is 0 Å². The number of carboxylic acids is 4. The molecule has 2 rings (SSSR count). The number of carbonyl (C=O) groups is 5. The van der Waals surface area contributed by atoms with E-state index in [1.165, 1.54) is 0 Å². The number of aromatic carboxylic acids is 4. The predicted molar refractivity (Wildman–Crippen MR) is 84.2 cm³/mol. The average Bonchev–Trinajstić information content (AvgIpc) is 2.59. The summed E-state index contributed by atoms with van der Waals surface area (Å²) in [5, 5.41) is 36.5. The molecular weight excluding hydrogens is 348 g/mol. The largest absolute Gasteiger partial charge is 0.478 e. The van der Waals surface area contributed by atoms with Crippen LogP contribution in [0.4, 0.5) is 0 Å². The van der Waals surface area contributed by atoms with Crippen LogP contribution in [0, 0.1) is 0 Å². The van der Waals surface area contributed by atoms with Crippen molar-refractivity contribution in [2.24, 2.45) is 0 Å². The molecule has 0 fully saturated rings. The summed E-state index contributed by atoms with van der Waals surface area (Å²) in [5.74, 6) is -7.22. The van der Waals surface area contributed by atoms with Gasteiger partial charge in [-0.25, -0.2) is 19.2 Å². The molecule has 0 spiro atoms. The monoisotopic (exact) mass is 358 g/mol. The second-order valence-electron chi connectivity index (χ2n) is 5.08. The maximum absolute atomic E-state index is 12.7. The van der Waals surface area contributed by atoms with Crippen LogP contribution in [0.3, 0.4) is 0 Å². The lowest BCUT2D eigenvalue weighted by molar-refractivity contribution is 0.0649. The van der Waals surface area contributed by atoms with Gasteiger partial charge in [-0.1, -0.05) is 12.1 Å². The first kappa shape index (κ1) is 18.3. The number of hydrogen-bond acceptors (Lipinski definition) is 5. The summed E-state index contributed by atoms with van der Waals surface area (Å²) in [6, 6.07) is 5.83. The Morgan fingerprint density at radius 2 is 1.04 bits per heavy atom. The van der Waals surface area contributed by atoms with Crippen molar-refractivity contribution in [2.75, 3.05) is 0 Å². The lowest BCUT2D eigenvalue weighted by Gasteiger charge is -2.09. The zero-order chi connectivity index (χ0) is 19.6. The van der Waals surface area contributed by atoms with Gasteiger partial charge in [0.25, 0.3) is 0 Å². The van der Waals surface area contributed by atoms with Crippen molar-refractivity contribution >= 4 is 29.7 Å². The third-order valence-corrected chi connectivity index (χ3v) is 3.44. The molecular formula is C17H10O9. The van der Waals surface area contributed by atoms with Crippen LogP contribution < -0.4 is 0 Å². The average molecular weight is 358 g/mol.